The second-order valence-electron chi connectivity index (χ2n) is 6.25. The smallest absolute Gasteiger partial charge is 0.249 e. The monoisotopic (exact) mass is 361 g/mol. The zero-order valence-electron chi connectivity index (χ0n) is 14.5. The van der Waals surface area contributed by atoms with Crippen molar-refractivity contribution in [2.75, 3.05) is 5.32 Å². The van der Waals surface area contributed by atoms with Gasteiger partial charge in [-0.25, -0.2) is 4.68 Å². The Labute approximate surface area is 156 Å². The van der Waals surface area contributed by atoms with Gasteiger partial charge in [0.05, 0.1) is 11.4 Å². The minimum atomic E-state index is -0.151. The van der Waals surface area contributed by atoms with Crippen molar-refractivity contribution in [1.29, 1.82) is 0 Å². The third kappa shape index (κ3) is 3.44. The number of carbonyl (C=O) groups is 1. The molecule has 0 aliphatic carbocycles. The largest absolute Gasteiger partial charge is 0.307 e. The summed E-state index contributed by atoms with van der Waals surface area (Å²) in [6, 6.07) is 17.9. The van der Waals surface area contributed by atoms with E-state index in [2.05, 4.69) is 24.4 Å². The molecule has 0 saturated heterocycles. The van der Waals surface area contributed by atoms with Crippen molar-refractivity contribution in [3.8, 4) is 5.69 Å². The molecule has 0 bridgehead atoms. The van der Waals surface area contributed by atoms with E-state index in [9.17, 15) is 4.79 Å². The van der Waals surface area contributed by atoms with E-state index >= 15 is 0 Å². The molecule has 0 unspecified atom stereocenters. The number of benzene rings is 2. The van der Waals surface area contributed by atoms with E-state index < -0.39 is 0 Å². The fraction of sp³-hybridized carbons (Fsp3) is 0.143. The molecule has 2 heterocycles. The summed E-state index contributed by atoms with van der Waals surface area (Å²) < 4.78 is 1.85. The average Bonchev–Trinajstić information content (AvgIpc) is 3.24. The molecule has 4 nitrogen and oxygen atoms in total. The number of aryl methyl sites for hydroxylation is 1. The number of nitrogens with zero attached hydrogens (tertiary/aromatic N) is 2. The second-order valence-corrected chi connectivity index (χ2v) is 7.24. The lowest BCUT2D eigenvalue weighted by Gasteiger charge is -2.10. The van der Waals surface area contributed by atoms with Crippen molar-refractivity contribution in [3.05, 3.63) is 83.1 Å². The molecule has 0 radical (unpaired) electrons. The van der Waals surface area contributed by atoms with E-state index in [4.69, 9.17) is 5.10 Å². The minimum Gasteiger partial charge on any atom is -0.307 e. The molecule has 2 aromatic carbocycles. The highest BCUT2D eigenvalue weighted by Gasteiger charge is 2.24. The molecule has 0 saturated carbocycles. The van der Waals surface area contributed by atoms with E-state index in [0.29, 0.717) is 0 Å². The molecule has 0 atom stereocenters. The highest BCUT2D eigenvalue weighted by molar-refractivity contribution is 7.98. The number of aromatic nitrogens is 2. The predicted molar refractivity (Wildman–Crippen MR) is 107 cm³/mol. The van der Waals surface area contributed by atoms with Gasteiger partial charge in [0.1, 0.15) is 5.82 Å². The number of fused-ring (bicyclic) bond motifs is 1. The zero-order chi connectivity index (χ0) is 17.9. The van der Waals surface area contributed by atoms with Crippen LogP contribution in [0.4, 0.5) is 5.82 Å². The van der Waals surface area contributed by atoms with Crippen molar-refractivity contribution in [3.63, 3.8) is 0 Å². The summed E-state index contributed by atoms with van der Waals surface area (Å²) in [6.45, 7) is 2.05. The third-order valence-corrected chi connectivity index (χ3v) is 5.24. The first-order valence-electron chi connectivity index (χ1n) is 8.50. The molecular weight excluding hydrogens is 342 g/mol. The van der Waals surface area contributed by atoms with Crippen LogP contribution < -0.4 is 5.32 Å². The maximum Gasteiger partial charge on any atom is 0.249 e. The molecule has 1 amide bonds. The number of hydrogen-bond donors (Lipinski definition) is 1. The van der Waals surface area contributed by atoms with Crippen LogP contribution in [-0.2, 0) is 16.3 Å². The van der Waals surface area contributed by atoms with Crippen molar-refractivity contribution in [2.24, 2.45) is 0 Å². The summed E-state index contributed by atoms with van der Waals surface area (Å²) >= 11 is 1.82. The van der Waals surface area contributed by atoms with Crippen LogP contribution >= 0.6 is 11.8 Å². The van der Waals surface area contributed by atoms with Crippen molar-refractivity contribution < 1.29 is 4.79 Å². The molecule has 5 heteroatoms. The summed E-state index contributed by atoms with van der Waals surface area (Å²) in [6.07, 6.45) is 3.38. The van der Waals surface area contributed by atoms with Crippen LogP contribution in [0.2, 0.25) is 0 Å². The number of hydrogen-bond acceptors (Lipinski definition) is 3. The van der Waals surface area contributed by atoms with Gasteiger partial charge in [-0.1, -0.05) is 42.5 Å². The number of thioether (sulfide) groups is 1. The van der Waals surface area contributed by atoms with Gasteiger partial charge < -0.3 is 5.32 Å². The van der Waals surface area contributed by atoms with Crippen LogP contribution in [0.3, 0.4) is 0 Å². The van der Waals surface area contributed by atoms with E-state index in [-0.39, 0.29) is 5.91 Å². The Morgan fingerprint density at radius 3 is 2.81 bits per heavy atom. The Kier molecular flexibility index (Phi) is 4.63. The summed E-state index contributed by atoms with van der Waals surface area (Å²) in [5.74, 6) is 2.39. The maximum absolute atomic E-state index is 12.5. The quantitative estimate of drug-likeness (QED) is 0.692. The lowest BCUT2D eigenvalue weighted by molar-refractivity contribution is -0.111. The minimum absolute atomic E-state index is 0.151. The summed E-state index contributed by atoms with van der Waals surface area (Å²) in [7, 11) is 0. The van der Waals surface area contributed by atoms with Crippen LogP contribution in [-0.4, -0.2) is 15.7 Å². The topological polar surface area (TPSA) is 46.9 Å². The standard InChI is InChI=1S/C21H19N3OS/c1-15-6-5-9-17(12-15)24-21(18-13-26-14-19(18)23-24)22-20(25)11-10-16-7-3-2-4-8-16/h2-12H,13-14H2,1H3,(H,22,25)/b11-10+. The van der Waals surface area contributed by atoms with E-state index in [1.165, 1.54) is 0 Å². The molecule has 1 aliphatic rings. The SMILES string of the molecule is Cc1cccc(-n2nc3c(c2NC(=O)/C=C/c2ccccc2)CSC3)c1. The van der Waals surface area contributed by atoms with Gasteiger partial charge in [0.25, 0.3) is 0 Å². The summed E-state index contributed by atoms with van der Waals surface area (Å²) in [4.78, 5) is 12.5. The molecule has 3 aromatic rings. The van der Waals surface area contributed by atoms with Crippen LogP contribution in [0, 0.1) is 6.92 Å². The predicted octanol–water partition coefficient (Wildman–Crippen LogP) is 4.58. The summed E-state index contributed by atoms with van der Waals surface area (Å²) in [5.41, 5.74) is 5.30. The molecule has 130 valence electrons. The van der Waals surface area contributed by atoms with Crippen LogP contribution in [0.5, 0.6) is 0 Å². The first-order valence-corrected chi connectivity index (χ1v) is 9.66. The Bertz CT molecular complexity index is 976. The van der Waals surface area contributed by atoms with Gasteiger partial charge in [-0.15, -0.1) is 0 Å². The van der Waals surface area contributed by atoms with E-state index in [0.717, 1.165) is 45.4 Å². The van der Waals surface area contributed by atoms with Crippen molar-refractivity contribution in [2.45, 2.75) is 18.4 Å². The molecule has 0 spiro atoms. The fourth-order valence-corrected chi connectivity index (χ4v) is 4.02. The molecule has 26 heavy (non-hydrogen) atoms. The maximum atomic E-state index is 12.5. The van der Waals surface area contributed by atoms with Gasteiger partial charge in [0.2, 0.25) is 5.91 Å². The molecule has 0 fully saturated rings. The molecule has 1 aliphatic heterocycles. The number of rotatable bonds is 4. The fourth-order valence-electron chi connectivity index (χ4n) is 2.98. The third-order valence-electron chi connectivity index (χ3n) is 4.27. The number of anilines is 1. The highest BCUT2D eigenvalue weighted by Crippen LogP contribution is 2.36. The highest BCUT2D eigenvalue weighted by atomic mass is 32.2. The van der Waals surface area contributed by atoms with E-state index in [1.54, 1.807) is 6.08 Å². The van der Waals surface area contributed by atoms with Crippen LogP contribution in [0.1, 0.15) is 22.4 Å². The van der Waals surface area contributed by atoms with Gasteiger partial charge in [-0.2, -0.15) is 16.9 Å². The second kappa shape index (κ2) is 7.22. The Hall–Kier alpha value is -2.79. The Balaban J connectivity index is 1.63. The average molecular weight is 361 g/mol. The zero-order valence-corrected chi connectivity index (χ0v) is 15.3. The van der Waals surface area contributed by atoms with Gasteiger partial charge in [-0.05, 0) is 36.3 Å². The van der Waals surface area contributed by atoms with Crippen LogP contribution in [0.25, 0.3) is 11.8 Å². The van der Waals surface area contributed by atoms with Gasteiger partial charge >= 0.3 is 0 Å². The van der Waals surface area contributed by atoms with Gasteiger partial charge in [-0.3, -0.25) is 4.79 Å². The number of nitrogens with one attached hydrogen (secondary N) is 1. The van der Waals surface area contributed by atoms with Gasteiger partial charge in [0, 0.05) is 23.1 Å². The number of amides is 1. The first-order chi connectivity index (χ1) is 12.7. The molecule has 1 aromatic heterocycles. The molecular formula is C21H19N3OS. The lowest BCUT2D eigenvalue weighted by atomic mass is 10.2. The Morgan fingerprint density at radius 1 is 1.15 bits per heavy atom. The van der Waals surface area contributed by atoms with Crippen LogP contribution in [0.15, 0.2) is 60.7 Å². The molecule has 4 rings (SSSR count). The summed E-state index contributed by atoms with van der Waals surface area (Å²) in [5, 5.41) is 7.77. The lowest BCUT2D eigenvalue weighted by Crippen LogP contribution is -2.13. The first kappa shape index (κ1) is 16.7. The number of carbonyl (C=O) groups excluding carboxylic acids is 1. The van der Waals surface area contributed by atoms with Crippen molar-refractivity contribution in [1.82, 2.24) is 9.78 Å². The Morgan fingerprint density at radius 2 is 2.00 bits per heavy atom. The van der Waals surface area contributed by atoms with Gasteiger partial charge in [0.15, 0.2) is 0 Å². The normalized spacial score (nSPS) is 13.1. The molecule has 1 N–H and O–H groups in total. The van der Waals surface area contributed by atoms with Crippen molar-refractivity contribution >= 4 is 29.6 Å². The van der Waals surface area contributed by atoms with E-state index in [1.807, 2.05) is 65.0 Å².